The summed E-state index contributed by atoms with van der Waals surface area (Å²) in [7, 11) is 0. The van der Waals surface area contributed by atoms with Crippen molar-refractivity contribution in [3.63, 3.8) is 0 Å². The topological polar surface area (TPSA) is 12.0 Å². The molecule has 0 bridgehead atoms. The lowest BCUT2D eigenvalue weighted by Crippen LogP contribution is -2.39. The van der Waals surface area contributed by atoms with Crippen LogP contribution >= 0.6 is 0 Å². The second-order valence-corrected chi connectivity index (χ2v) is 5.83. The maximum Gasteiger partial charge on any atom is -0.00461 e. The summed E-state index contributed by atoms with van der Waals surface area (Å²) in [6.45, 7) is 7.56. The third-order valence-electron chi connectivity index (χ3n) is 4.80. The summed E-state index contributed by atoms with van der Waals surface area (Å²) < 4.78 is 0. The molecule has 0 atom stereocenters. The third-order valence-corrected chi connectivity index (χ3v) is 4.80. The monoisotopic (exact) mass is 195 g/mol. The summed E-state index contributed by atoms with van der Waals surface area (Å²) in [5.41, 5.74) is 0.610. The van der Waals surface area contributed by atoms with Crippen LogP contribution in [0, 0.1) is 17.3 Å². The van der Waals surface area contributed by atoms with Gasteiger partial charge >= 0.3 is 0 Å². The van der Waals surface area contributed by atoms with E-state index in [9.17, 15) is 0 Å². The fourth-order valence-electron chi connectivity index (χ4n) is 3.57. The highest BCUT2D eigenvalue weighted by Gasteiger charge is 2.38. The molecule has 1 aliphatic heterocycles. The second kappa shape index (κ2) is 4.22. The Morgan fingerprint density at radius 2 is 1.36 bits per heavy atom. The molecule has 1 heterocycles. The summed E-state index contributed by atoms with van der Waals surface area (Å²) in [4.78, 5) is 0. The van der Waals surface area contributed by atoms with Gasteiger partial charge in [0, 0.05) is 0 Å². The minimum atomic E-state index is 0.610. The summed E-state index contributed by atoms with van der Waals surface area (Å²) in [5.74, 6) is 2.00. The van der Waals surface area contributed by atoms with Gasteiger partial charge < -0.3 is 5.32 Å². The first-order valence-electron chi connectivity index (χ1n) is 6.42. The molecule has 0 aromatic rings. The molecule has 0 aromatic heterocycles. The first-order chi connectivity index (χ1) is 6.71. The SMILES string of the molecule is CC(C)(C1CCCC1)C1CCNCC1. The van der Waals surface area contributed by atoms with Crippen LogP contribution in [0.4, 0.5) is 0 Å². The average molecular weight is 195 g/mol. The lowest BCUT2D eigenvalue weighted by atomic mass is 9.65. The van der Waals surface area contributed by atoms with Gasteiger partial charge in [-0.3, -0.25) is 0 Å². The van der Waals surface area contributed by atoms with Gasteiger partial charge in [0.05, 0.1) is 0 Å². The third kappa shape index (κ3) is 1.98. The fraction of sp³-hybridized carbons (Fsp3) is 1.00. The first kappa shape index (κ1) is 10.5. The number of rotatable bonds is 2. The van der Waals surface area contributed by atoms with Gasteiger partial charge in [0.25, 0.3) is 0 Å². The molecule has 0 spiro atoms. The average Bonchev–Trinajstić information content (AvgIpc) is 2.72. The largest absolute Gasteiger partial charge is 0.317 e. The molecule has 1 saturated heterocycles. The second-order valence-electron chi connectivity index (χ2n) is 5.83. The Morgan fingerprint density at radius 1 is 0.857 bits per heavy atom. The van der Waals surface area contributed by atoms with E-state index in [-0.39, 0.29) is 0 Å². The summed E-state index contributed by atoms with van der Waals surface area (Å²) in [6, 6.07) is 0. The highest BCUT2D eigenvalue weighted by molar-refractivity contribution is 4.89. The highest BCUT2D eigenvalue weighted by Crippen LogP contribution is 2.46. The Balaban J connectivity index is 1.97. The van der Waals surface area contributed by atoms with Gasteiger partial charge in [0.15, 0.2) is 0 Å². The van der Waals surface area contributed by atoms with Crippen molar-refractivity contribution in [1.82, 2.24) is 5.32 Å². The molecule has 1 heteroatoms. The zero-order chi connectivity index (χ0) is 10.0. The molecular weight excluding hydrogens is 170 g/mol. The zero-order valence-electron chi connectivity index (χ0n) is 9.81. The maximum atomic E-state index is 3.48. The van der Waals surface area contributed by atoms with Gasteiger partial charge in [0.2, 0.25) is 0 Å². The molecule has 82 valence electrons. The van der Waals surface area contributed by atoms with Crippen LogP contribution in [0.15, 0.2) is 0 Å². The predicted molar refractivity (Wildman–Crippen MR) is 61.3 cm³/mol. The van der Waals surface area contributed by atoms with Crippen molar-refractivity contribution >= 4 is 0 Å². The van der Waals surface area contributed by atoms with Gasteiger partial charge in [-0.05, 0) is 56.0 Å². The van der Waals surface area contributed by atoms with Crippen molar-refractivity contribution in [2.45, 2.75) is 52.4 Å². The van der Waals surface area contributed by atoms with Gasteiger partial charge in [-0.15, -0.1) is 0 Å². The van der Waals surface area contributed by atoms with Crippen LogP contribution < -0.4 is 5.32 Å². The van der Waals surface area contributed by atoms with E-state index >= 15 is 0 Å². The van der Waals surface area contributed by atoms with Crippen molar-refractivity contribution in [3.8, 4) is 0 Å². The van der Waals surface area contributed by atoms with Crippen LogP contribution in [0.2, 0.25) is 0 Å². The van der Waals surface area contributed by atoms with Crippen molar-refractivity contribution in [2.24, 2.45) is 17.3 Å². The van der Waals surface area contributed by atoms with E-state index in [0.717, 1.165) is 11.8 Å². The molecule has 14 heavy (non-hydrogen) atoms. The molecule has 2 rings (SSSR count). The molecule has 1 saturated carbocycles. The zero-order valence-corrected chi connectivity index (χ0v) is 9.81. The Kier molecular flexibility index (Phi) is 3.16. The first-order valence-corrected chi connectivity index (χ1v) is 6.42. The standard InChI is InChI=1S/C13H25N/c1-13(2,11-5-3-4-6-11)12-7-9-14-10-8-12/h11-12,14H,3-10H2,1-2H3. The van der Waals surface area contributed by atoms with Gasteiger partial charge in [0.1, 0.15) is 0 Å². The highest BCUT2D eigenvalue weighted by atomic mass is 14.9. The number of hydrogen-bond acceptors (Lipinski definition) is 1. The van der Waals surface area contributed by atoms with Gasteiger partial charge in [-0.25, -0.2) is 0 Å². The minimum Gasteiger partial charge on any atom is -0.317 e. The molecule has 1 nitrogen and oxygen atoms in total. The van der Waals surface area contributed by atoms with E-state index in [1.807, 2.05) is 0 Å². The van der Waals surface area contributed by atoms with Crippen molar-refractivity contribution < 1.29 is 0 Å². The molecule has 0 aromatic carbocycles. The van der Waals surface area contributed by atoms with Gasteiger partial charge in [-0.2, -0.15) is 0 Å². The lowest BCUT2D eigenvalue weighted by Gasteiger charge is -2.42. The lowest BCUT2D eigenvalue weighted by molar-refractivity contribution is 0.0908. The van der Waals surface area contributed by atoms with Crippen molar-refractivity contribution in [2.75, 3.05) is 13.1 Å². The Morgan fingerprint density at radius 3 is 1.93 bits per heavy atom. The van der Waals surface area contributed by atoms with Crippen LogP contribution in [0.1, 0.15) is 52.4 Å². The normalized spacial score (nSPS) is 27.0. The number of piperidine rings is 1. The fourth-order valence-corrected chi connectivity index (χ4v) is 3.57. The molecule has 0 unspecified atom stereocenters. The van der Waals surface area contributed by atoms with E-state index in [2.05, 4.69) is 19.2 Å². The molecule has 0 radical (unpaired) electrons. The van der Waals surface area contributed by atoms with Crippen molar-refractivity contribution in [1.29, 1.82) is 0 Å². The Labute approximate surface area is 88.7 Å². The van der Waals surface area contributed by atoms with Crippen LogP contribution in [-0.2, 0) is 0 Å². The van der Waals surface area contributed by atoms with Crippen LogP contribution in [-0.4, -0.2) is 13.1 Å². The predicted octanol–water partition coefficient (Wildman–Crippen LogP) is 3.20. The van der Waals surface area contributed by atoms with E-state index < -0.39 is 0 Å². The quantitative estimate of drug-likeness (QED) is 0.713. The number of nitrogens with one attached hydrogen (secondary N) is 1. The summed E-state index contributed by atoms with van der Waals surface area (Å²) >= 11 is 0. The minimum absolute atomic E-state index is 0.610. The van der Waals surface area contributed by atoms with Crippen LogP contribution in [0.5, 0.6) is 0 Å². The maximum absolute atomic E-state index is 3.48. The molecule has 2 fully saturated rings. The molecule has 0 amide bonds. The number of hydrogen-bond donors (Lipinski definition) is 1. The van der Waals surface area contributed by atoms with Crippen LogP contribution in [0.3, 0.4) is 0 Å². The summed E-state index contributed by atoms with van der Waals surface area (Å²) in [5, 5.41) is 3.48. The van der Waals surface area contributed by atoms with E-state index in [1.165, 1.54) is 51.6 Å². The summed E-state index contributed by atoms with van der Waals surface area (Å²) in [6.07, 6.45) is 8.78. The van der Waals surface area contributed by atoms with E-state index in [0.29, 0.717) is 5.41 Å². The van der Waals surface area contributed by atoms with E-state index in [4.69, 9.17) is 0 Å². The Hall–Kier alpha value is -0.0400. The Bertz CT molecular complexity index is 174. The smallest absolute Gasteiger partial charge is 0.00461 e. The van der Waals surface area contributed by atoms with Crippen LogP contribution in [0.25, 0.3) is 0 Å². The molecular formula is C13H25N. The van der Waals surface area contributed by atoms with E-state index in [1.54, 1.807) is 0 Å². The van der Waals surface area contributed by atoms with Gasteiger partial charge in [-0.1, -0.05) is 26.7 Å². The van der Waals surface area contributed by atoms with Crippen molar-refractivity contribution in [3.05, 3.63) is 0 Å². The molecule has 1 aliphatic carbocycles. The molecule has 2 aliphatic rings. The molecule has 1 N–H and O–H groups in total.